The third-order valence-electron chi connectivity index (χ3n) is 9.67. The number of aliphatic hydroxyl groups is 2. The molecule has 3 amide bonds. The second-order valence-corrected chi connectivity index (χ2v) is 20.2. The fourth-order valence-electron chi connectivity index (χ4n) is 6.75. The van der Waals surface area contributed by atoms with E-state index in [1.165, 1.54) is 17.0 Å². The lowest BCUT2D eigenvalue weighted by molar-refractivity contribution is -0.0566. The SMILES string of the molecule is COCCCC[C@@](O)(c1cccc(F)c1)[C@@H]1CCCN(C(=O)NCC(CC2(O)CCCCC2)N(C)C(=O)OCC[Si](C)(C)C)C1. The molecule has 3 N–H and O–H groups in total. The summed E-state index contributed by atoms with van der Waals surface area (Å²) >= 11 is 0. The van der Waals surface area contributed by atoms with Gasteiger partial charge in [-0.05, 0) is 75.1 Å². The lowest BCUT2D eigenvalue weighted by Crippen LogP contribution is -2.54. The van der Waals surface area contributed by atoms with Gasteiger partial charge in [-0.1, -0.05) is 51.0 Å². The third-order valence-corrected chi connectivity index (χ3v) is 11.4. The number of hydrogen-bond donors (Lipinski definition) is 3. The van der Waals surface area contributed by atoms with Crippen molar-refractivity contribution in [3.05, 3.63) is 35.6 Å². The van der Waals surface area contributed by atoms with Crippen LogP contribution in [-0.2, 0) is 15.1 Å². The summed E-state index contributed by atoms with van der Waals surface area (Å²) in [5.74, 6) is -0.675. The molecule has 1 unspecified atom stereocenters. The predicted octanol–water partition coefficient (Wildman–Crippen LogP) is 6.11. The molecule has 0 spiro atoms. The Hall–Kier alpha value is -2.21. The van der Waals surface area contributed by atoms with Crippen LogP contribution in [0.1, 0.15) is 76.2 Å². The minimum Gasteiger partial charge on any atom is -0.450 e. The van der Waals surface area contributed by atoms with Crippen LogP contribution in [0.2, 0.25) is 25.7 Å². The van der Waals surface area contributed by atoms with E-state index in [0.717, 1.165) is 31.7 Å². The largest absolute Gasteiger partial charge is 0.450 e. The van der Waals surface area contributed by atoms with Gasteiger partial charge in [0, 0.05) is 54.4 Å². The van der Waals surface area contributed by atoms with Crippen molar-refractivity contribution in [2.24, 2.45) is 5.92 Å². The maximum absolute atomic E-state index is 14.3. The molecule has 1 aromatic rings. The van der Waals surface area contributed by atoms with Gasteiger partial charge in [0.1, 0.15) is 5.82 Å². The number of urea groups is 1. The zero-order valence-corrected chi connectivity index (χ0v) is 29.3. The van der Waals surface area contributed by atoms with Gasteiger partial charge in [0.15, 0.2) is 0 Å². The van der Waals surface area contributed by atoms with Crippen LogP contribution in [-0.4, -0.2) is 98.9 Å². The number of hydrogen-bond acceptors (Lipinski definition) is 6. The highest BCUT2D eigenvalue weighted by Gasteiger charge is 2.42. The lowest BCUT2D eigenvalue weighted by Gasteiger charge is -2.43. The summed E-state index contributed by atoms with van der Waals surface area (Å²) in [6.07, 6.45) is 7.55. The van der Waals surface area contributed by atoms with Crippen molar-refractivity contribution < 1.29 is 33.7 Å². The Morgan fingerprint density at radius 2 is 1.91 bits per heavy atom. The first-order valence-electron chi connectivity index (χ1n) is 16.9. The second kappa shape index (κ2) is 17.1. The van der Waals surface area contributed by atoms with E-state index in [4.69, 9.17) is 9.47 Å². The maximum atomic E-state index is 14.3. The molecule has 1 aliphatic heterocycles. The second-order valence-electron chi connectivity index (χ2n) is 14.5. The number of nitrogens with one attached hydrogen (secondary N) is 1. The molecule has 256 valence electrons. The predicted molar refractivity (Wildman–Crippen MR) is 177 cm³/mol. The highest BCUT2D eigenvalue weighted by molar-refractivity contribution is 6.76. The number of amides is 3. The van der Waals surface area contributed by atoms with Crippen molar-refractivity contribution in [3.8, 4) is 0 Å². The van der Waals surface area contributed by atoms with Crippen LogP contribution >= 0.6 is 0 Å². The zero-order valence-electron chi connectivity index (χ0n) is 28.3. The lowest BCUT2D eigenvalue weighted by atomic mass is 9.74. The number of carbonyl (C=O) groups is 2. The summed E-state index contributed by atoms with van der Waals surface area (Å²) in [5.41, 5.74) is -1.65. The van der Waals surface area contributed by atoms with Crippen molar-refractivity contribution >= 4 is 20.2 Å². The van der Waals surface area contributed by atoms with Crippen molar-refractivity contribution in [3.63, 3.8) is 0 Å². The molecule has 3 atom stereocenters. The van der Waals surface area contributed by atoms with Crippen LogP contribution in [0.3, 0.4) is 0 Å². The summed E-state index contributed by atoms with van der Waals surface area (Å²) in [7, 11) is 1.95. The van der Waals surface area contributed by atoms with E-state index in [0.29, 0.717) is 76.8 Å². The van der Waals surface area contributed by atoms with E-state index in [1.807, 2.05) is 0 Å². The minimum absolute atomic E-state index is 0.174. The molecule has 1 saturated carbocycles. The Morgan fingerprint density at radius 1 is 1.18 bits per heavy atom. The Balaban J connectivity index is 1.70. The van der Waals surface area contributed by atoms with Gasteiger partial charge in [-0.25, -0.2) is 14.0 Å². The van der Waals surface area contributed by atoms with Crippen LogP contribution < -0.4 is 5.32 Å². The molecule has 0 bridgehead atoms. The fourth-order valence-corrected chi connectivity index (χ4v) is 7.46. The summed E-state index contributed by atoms with van der Waals surface area (Å²) in [5, 5.41) is 26.5. The first-order chi connectivity index (χ1) is 21.3. The van der Waals surface area contributed by atoms with Gasteiger partial charge in [0.2, 0.25) is 0 Å². The average molecular weight is 652 g/mol. The summed E-state index contributed by atoms with van der Waals surface area (Å²) in [4.78, 5) is 29.9. The number of halogens is 1. The number of carbonyl (C=O) groups excluding carboxylic acids is 2. The molecule has 1 aliphatic carbocycles. The highest BCUT2D eigenvalue weighted by Crippen LogP contribution is 2.40. The van der Waals surface area contributed by atoms with E-state index < -0.39 is 37.2 Å². The van der Waals surface area contributed by atoms with Gasteiger partial charge < -0.3 is 34.8 Å². The summed E-state index contributed by atoms with van der Waals surface area (Å²) < 4.78 is 25.1. The van der Waals surface area contributed by atoms with E-state index in [2.05, 4.69) is 25.0 Å². The number of benzene rings is 1. The smallest absolute Gasteiger partial charge is 0.409 e. The van der Waals surface area contributed by atoms with Crippen LogP contribution in [0.4, 0.5) is 14.0 Å². The quantitative estimate of drug-likeness (QED) is 0.156. The van der Waals surface area contributed by atoms with Crippen molar-refractivity contribution in [1.29, 1.82) is 0 Å². The van der Waals surface area contributed by atoms with Crippen molar-refractivity contribution in [2.75, 3.05) is 47.0 Å². The van der Waals surface area contributed by atoms with E-state index in [-0.39, 0.29) is 18.5 Å². The summed E-state index contributed by atoms with van der Waals surface area (Å²) in [6.45, 7) is 8.66. The molecule has 2 fully saturated rings. The van der Waals surface area contributed by atoms with Crippen LogP contribution in [0.15, 0.2) is 24.3 Å². The monoisotopic (exact) mass is 651 g/mol. The van der Waals surface area contributed by atoms with Gasteiger partial charge in [-0.2, -0.15) is 0 Å². The first-order valence-corrected chi connectivity index (χ1v) is 20.6. The Morgan fingerprint density at radius 3 is 2.58 bits per heavy atom. The number of likely N-dealkylation sites (N-methyl/N-ethyl adjacent to an activating group) is 1. The molecular weight excluding hydrogens is 593 g/mol. The van der Waals surface area contributed by atoms with Gasteiger partial charge in [-0.3, -0.25) is 0 Å². The first kappa shape index (κ1) is 37.2. The zero-order chi connectivity index (χ0) is 33.1. The molecule has 0 aromatic heterocycles. The van der Waals surface area contributed by atoms with E-state index >= 15 is 0 Å². The van der Waals surface area contributed by atoms with Gasteiger partial charge >= 0.3 is 12.1 Å². The molecule has 1 heterocycles. The number of likely N-dealkylation sites (tertiary alicyclic amines) is 1. The Bertz CT molecular complexity index is 1080. The topological polar surface area (TPSA) is 112 Å². The number of methoxy groups -OCH3 is 1. The van der Waals surface area contributed by atoms with Crippen molar-refractivity contribution in [1.82, 2.24) is 15.1 Å². The molecule has 45 heavy (non-hydrogen) atoms. The fraction of sp³-hybridized carbons (Fsp3) is 0.765. The standard InChI is InChI=1S/C34H58FN3O6Si/c1-37(32(40)44-21-22-45(3,4)5)30(24-33(41)16-7-6-8-17-33)25-36-31(39)38-19-12-14-28(26-38)34(42,18-9-10-20-43-2)27-13-11-15-29(35)23-27/h11,13,15,23,28,30,41-42H,6-10,12,14,16-22,24-26H2,1-5H3,(H,36,39)/t28-,30?,34-/m1/s1. The highest BCUT2D eigenvalue weighted by atomic mass is 28.3. The number of ether oxygens (including phenoxy) is 2. The molecule has 0 radical (unpaired) electrons. The number of piperidine rings is 1. The molecule has 3 rings (SSSR count). The minimum atomic E-state index is -1.38. The number of rotatable bonds is 15. The van der Waals surface area contributed by atoms with E-state index in [1.54, 1.807) is 31.2 Å². The maximum Gasteiger partial charge on any atom is 0.409 e. The van der Waals surface area contributed by atoms with Crippen LogP contribution in [0.25, 0.3) is 0 Å². The van der Waals surface area contributed by atoms with Crippen LogP contribution in [0.5, 0.6) is 0 Å². The normalized spacial score (nSPS) is 20.6. The molecule has 1 saturated heterocycles. The summed E-state index contributed by atoms with van der Waals surface area (Å²) in [6, 6.07) is 6.29. The van der Waals surface area contributed by atoms with Gasteiger partial charge in [0.05, 0.1) is 23.9 Å². The van der Waals surface area contributed by atoms with E-state index in [9.17, 15) is 24.2 Å². The molecule has 9 nitrogen and oxygen atoms in total. The molecule has 1 aromatic carbocycles. The third kappa shape index (κ3) is 11.5. The Kier molecular flexibility index (Phi) is 14.1. The average Bonchev–Trinajstić information content (AvgIpc) is 3.00. The number of nitrogens with zero attached hydrogens (tertiary/aromatic N) is 2. The van der Waals surface area contributed by atoms with Crippen molar-refractivity contribution in [2.45, 2.75) is 114 Å². The number of unbranched alkanes of at least 4 members (excludes halogenated alkanes) is 1. The Labute approximate surface area is 270 Å². The van der Waals surface area contributed by atoms with Gasteiger partial charge in [-0.15, -0.1) is 0 Å². The van der Waals surface area contributed by atoms with Crippen LogP contribution in [0, 0.1) is 11.7 Å². The molecule has 2 aliphatic rings. The molecule has 11 heteroatoms. The van der Waals surface area contributed by atoms with Gasteiger partial charge in [0.25, 0.3) is 0 Å². The molecular formula is C34H58FN3O6Si.